The molecule has 27 heavy (non-hydrogen) atoms. The summed E-state index contributed by atoms with van der Waals surface area (Å²) in [6.07, 6.45) is -1.60. The van der Waals surface area contributed by atoms with Crippen LogP contribution in [0.2, 0.25) is 0 Å². The van der Waals surface area contributed by atoms with E-state index in [1.165, 1.54) is 22.9 Å². The monoisotopic (exact) mass is 375 g/mol. The predicted octanol–water partition coefficient (Wildman–Crippen LogP) is 3.69. The molecule has 0 aliphatic heterocycles. The molecule has 0 saturated carbocycles. The summed E-state index contributed by atoms with van der Waals surface area (Å²) in [5.41, 5.74) is 0.925. The fourth-order valence-electron chi connectivity index (χ4n) is 2.65. The van der Waals surface area contributed by atoms with Gasteiger partial charge in [0.15, 0.2) is 6.04 Å². The number of ether oxygens (including phenoxy) is 1. The fraction of sp³-hybridized carbons (Fsp3) is 0.158. The third-order valence-corrected chi connectivity index (χ3v) is 3.80. The van der Waals surface area contributed by atoms with Crippen LogP contribution in [-0.4, -0.2) is 22.1 Å². The molecule has 8 heteroatoms. The molecular weight excluding hydrogens is 359 g/mol. The van der Waals surface area contributed by atoms with Gasteiger partial charge in [-0.25, -0.2) is 0 Å². The number of nitrogens with one attached hydrogen (secondary N) is 1. The molecule has 0 radical (unpaired) electrons. The lowest BCUT2D eigenvalue weighted by Gasteiger charge is -2.19. The van der Waals surface area contributed by atoms with Crippen LogP contribution in [0.3, 0.4) is 0 Å². The van der Waals surface area contributed by atoms with Crippen LogP contribution in [0.4, 0.5) is 13.2 Å². The van der Waals surface area contributed by atoms with E-state index >= 15 is 0 Å². The van der Waals surface area contributed by atoms with Gasteiger partial charge in [-0.3, -0.25) is 9.48 Å². The number of carbonyl (C=O) groups is 1. The quantitative estimate of drug-likeness (QED) is 0.715. The molecule has 0 aliphatic rings. The van der Waals surface area contributed by atoms with E-state index < -0.39 is 18.3 Å². The zero-order chi connectivity index (χ0) is 19.3. The summed E-state index contributed by atoms with van der Waals surface area (Å²) in [5, 5.41) is 6.78. The smallest absolute Gasteiger partial charge is 0.405 e. The Kier molecular flexibility index (Phi) is 5.44. The van der Waals surface area contributed by atoms with Crippen LogP contribution >= 0.6 is 0 Å². The molecule has 1 amide bonds. The molecule has 1 heterocycles. The SMILES string of the molecule is O=C(NCc1ccccc1OC(F)(F)F)C(c1ccccc1)n1cccn1. The molecule has 3 rings (SSSR count). The van der Waals surface area contributed by atoms with Crippen LogP contribution < -0.4 is 10.1 Å². The number of nitrogens with zero attached hydrogens (tertiary/aromatic N) is 2. The number of aromatic nitrogens is 2. The van der Waals surface area contributed by atoms with Crippen molar-refractivity contribution in [1.29, 1.82) is 0 Å². The number of carbonyl (C=O) groups excluding carboxylic acids is 1. The maximum absolute atomic E-state index is 12.8. The highest BCUT2D eigenvalue weighted by atomic mass is 19.4. The Morgan fingerprint density at radius 1 is 1.07 bits per heavy atom. The molecule has 140 valence electrons. The van der Waals surface area contributed by atoms with Crippen molar-refractivity contribution in [2.24, 2.45) is 0 Å². The number of alkyl halides is 3. The third kappa shape index (κ3) is 4.87. The van der Waals surface area contributed by atoms with Crippen LogP contribution in [0.25, 0.3) is 0 Å². The van der Waals surface area contributed by atoms with E-state index in [2.05, 4.69) is 15.2 Å². The largest absolute Gasteiger partial charge is 0.573 e. The molecule has 0 spiro atoms. The van der Waals surface area contributed by atoms with E-state index in [9.17, 15) is 18.0 Å². The molecule has 2 aromatic carbocycles. The van der Waals surface area contributed by atoms with Gasteiger partial charge in [-0.2, -0.15) is 5.10 Å². The summed E-state index contributed by atoms with van der Waals surface area (Å²) in [7, 11) is 0. The van der Waals surface area contributed by atoms with Gasteiger partial charge in [0.05, 0.1) is 0 Å². The molecule has 1 atom stereocenters. The average molecular weight is 375 g/mol. The summed E-state index contributed by atoms with van der Waals surface area (Å²) in [4.78, 5) is 12.8. The molecule has 1 aromatic heterocycles. The highest BCUT2D eigenvalue weighted by Gasteiger charge is 2.32. The molecule has 0 bridgehead atoms. The van der Waals surface area contributed by atoms with Crippen molar-refractivity contribution >= 4 is 5.91 Å². The Bertz CT molecular complexity index is 881. The Labute approximate surface area is 153 Å². The van der Waals surface area contributed by atoms with E-state index in [0.29, 0.717) is 5.56 Å². The van der Waals surface area contributed by atoms with Crippen molar-refractivity contribution in [3.05, 3.63) is 84.2 Å². The summed E-state index contributed by atoms with van der Waals surface area (Å²) in [5.74, 6) is -0.743. The number of hydrogen-bond acceptors (Lipinski definition) is 3. The minimum Gasteiger partial charge on any atom is -0.405 e. The minimum atomic E-state index is -4.80. The Hall–Kier alpha value is -3.29. The first kappa shape index (κ1) is 18.5. The standard InChI is InChI=1S/C19H16F3N3O2/c20-19(21,22)27-16-10-5-4-9-15(16)13-23-18(26)17(25-12-6-11-24-25)14-7-2-1-3-8-14/h1-12,17H,13H2,(H,23,26). The number of hydrogen-bond donors (Lipinski definition) is 1. The second-order valence-corrected chi connectivity index (χ2v) is 5.67. The number of benzene rings is 2. The summed E-state index contributed by atoms with van der Waals surface area (Å²) >= 11 is 0. The minimum absolute atomic E-state index is 0.115. The molecule has 1 unspecified atom stereocenters. The molecule has 0 fully saturated rings. The van der Waals surface area contributed by atoms with Gasteiger partial charge in [0, 0.05) is 24.5 Å². The van der Waals surface area contributed by atoms with Crippen molar-refractivity contribution in [2.45, 2.75) is 18.9 Å². The lowest BCUT2D eigenvalue weighted by molar-refractivity contribution is -0.274. The Morgan fingerprint density at radius 2 is 1.78 bits per heavy atom. The summed E-state index contributed by atoms with van der Waals surface area (Å²) in [6.45, 7) is -0.115. The first-order valence-electron chi connectivity index (χ1n) is 8.09. The Balaban J connectivity index is 1.78. The highest BCUT2D eigenvalue weighted by Crippen LogP contribution is 2.26. The maximum Gasteiger partial charge on any atom is 0.573 e. The van der Waals surface area contributed by atoms with Gasteiger partial charge in [0.25, 0.3) is 0 Å². The van der Waals surface area contributed by atoms with E-state index in [0.717, 1.165) is 0 Å². The molecular formula is C19H16F3N3O2. The average Bonchev–Trinajstić information content (AvgIpc) is 3.15. The van der Waals surface area contributed by atoms with Crippen LogP contribution in [0.5, 0.6) is 5.75 Å². The van der Waals surface area contributed by atoms with Gasteiger partial charge in [-0.15, -0.1) is 13.2 Å². The van der Waals surface area contributed by atoms with Gasteiger partial charge in [0.2, 0.25) is 5.91 Å². The first-order valence-corrected chi connectivity index (χ1v) is 8.09. The van der Waals surface area contributed by atoms with Crippen LogP contribution in [0, 0.1) is 0 Å². The Morgan fingerprint density at radius 3 is 2.44 bits per heavy atom. The van der Waals surface area contributed by atoms with Gasteiger partial charge >= 0.3 is 6.36 Å². The van der Waals surface area contributed by atoms with E-state index in [4.69, 9.17) is 0 Å². The van der Waals surface area contributed by atoms with Crippen molar-refractivity contribution in [2.75, 3.05) is 0 Å². The third-order valence-electron chi connectivity index (χ3n) is 3.80. The molecule has 1 N–H and O–H groups in total. The fourth-order valence-corrected chi connectivity index (χ4v) is 2.65. The number of para-hydroxylation sites is 1. The van der Waals surface area contributed by atoms with Crippen molar-refractivity contribution in [3.8, 4) is 5.75 Å². The topological polar surface area (TPSA) is 56.1 Å². The highest BCUT2D eigenvalue weighted by molar-refractivity contribution is 5.83. The van der Waals surface area contributed by atoms with Gasteiger partial charge in [0.1, 0.15) is 5.75 Å². The lowest BCUT2D eigenvalue weighted by Crippen LogP contribution is -2.33. The van der Waals surface area contributed by atoms with Gasteiger partial charge < -0.3 is 10.1 Å². The second kappa shape index (κ2) is 7.94. The predicted molar refractivity (Wildman–Crippen MR) is 91.8 cm³/mol. The summed E-state index contributed by atoms with van der Waals surface area (Å²) < 4.78 is 43.1. The first-order chi connectivity index (χ1) is 12.9. The van der Waals surface area contributed by atoms with Crippen LogP contribution in [0.1, 0.15) is 17.2 Å². The van der Waals surface area contributed by atoms with Crippen molar-refractivity contribution in [3.63, 3.8) is 0 Å². The van der Waals surface area contributed by atoms with E-state index in [1.54, 1.807) is 48.8 Å². The zero-order valence-corrected chi connectivity index (χ0v) is 14.1. The van der Waals surface area contributed by atoms with Crippen LogP contribution in [0.15, 0.2) is 73.1 Å². The van der Waals surface area contributed by atoms with E-state index in [-0.39, 0.29) is 17.9 Å². The van der Waals surface area contributed by atoms with Gasteiger partial charge in [-0.1, -0.05) is 48.5 Å². The number of rotatable bonds is 6. The lowest BCUT2D eigenvalue weighted by atomic mass is 10.1. The normalized spacial score (nSPS) is 12.4. The van der Waals surface area contributed by atoms with Crippen LogP contribution in [-0.2, 0) is 11.3 Å². The molecule has 3 aromatic rings. The number of amides is 1. The zero-order valence-electron chi connectivity index (χ0n) is 14.1. The molecule has 0 aliphatic carbocycles. The maximum atomic E-state index is 12.8. The molecule has 0 saturated heterocycles. The van der Waals surface area contributed by atoms with E-state index in [1.807, 2.05) is 6.07 Å². The summed E-state index contributed by atoms with van der Waals surface area (Å²) in [6, 6.07) is 15.6. The molecule has 5 nitrogen and oxygen atoms in total. The second-order valence-electron chi connectivity index (χ2n) is 5.67. The number of halogens is 3. The van der Waals surface area contributed by atoms with Gasteiger partial charge in [-0.05, 0) is 17.7 Å². The van der Waals surface area contributed by atoms with Crippen molar-refractivity contribution < 1.29 is 22.7 Å². The van der Waals surface area contributed by atoms with Crippen molar-refractivity contribution in [1.82, 2.24) is 15.1 Å².